The topological polar surface area (TPSA) is 85.4 Å². The van der Waals surface area contributed by atoms with Gasteiger partial charge >= 0.3 is 5.97 Å². The molecule has 0 aliphatic heterocycles. The SMILES string of the molecule is CSCC[C@@H](NS(=O)(=O)c1ccccc1)C(=O)O[C@H](C)c1cnc2ccccc2c1. The van der Waals surface area contributed by atoms with Crippen molar-refractivity contribution in [2.75, 3.05) is 12.0 Å². The van der Waals surface area contributed by atoms with Gasteiger partial charge in [-0.1, -0.05) is 36.4 Å². The normalized spacial score (nSPS) is 13.7. The Balaban J connectivity index is 1.75. The molecule has 1 aromatic heterocycles. The van der Waals surface area contributed by atoms with E-state index >= 15 is 0 Å². The van der Waals surface area contributed by atoms with E-state index in [1.54, 1.807) is 31.3 Å². The first-order chi connectivity index (χ1) is 14.4. The minimum atomic E-state index is -3.84. The number of benzene rings is 2. The Hall–Kier alpha value is -2.42. The number of aromatic nitrogens is 1. The second-order valence-corrected chi connectivity index (χ2v) is 9.51. The fourth-order valence-corrected chi connectivity index (χ4v) is 4.66. The number of pyridine rings is 1. The van der Waals surface area contributed by atoms with Crippen LogP contribution >= 0.6 is 11.8 Å². The first kappa shape index (κ1) is 22.3. The van der Waals surface area contributed by atoms with E-state index in [2.05, 4.69) is 9.71 Å². The molecule has 8 heteroatoms. The van der Waals surface area contributed by atoms with Gasteiger partial charge in [-0.05, 0) is 49.6 Å². The Kier molecular flexibility index (Phi) is 7.47. The molecule has 0 aliphatic carbocycles. The van der Waals surface area contributed by atoms with Gasteiger partial charge in [0.1, 0.15) is 12.1 Å². The lowest BCUT2D eigenvalue weighted by Gasteiger charge is -2.21. The highest BCUT2D eigenvalue weighted by Crippen LogP contribution is 2.22. The number of thioether (sulfide) groups is 1. The molecule has 0 bridgehead atoms. The third-order valence-corrected chi connectivity index (χ3v) is 6.75. The lowest BCUT2D eigenvalue weighted by atomic mass is 10.1. The van der Waals surface area contributed by atoms with Crippen LogP contribution in [-0.2, 0) is 19.6 Å². The van der Waals surface area contributed by atoms with Crippen LogP contribution in [0.5, 0.6) is 0 Å². The Morgan fingerprint density at radius 3 is 2.57 bits per heavy atom. The van der Waals surface area contributed by atoms with Gasteiger partial charge in [0.05, 0.1) is 10.4 Å². The van der Waals surface area contributed by atoms with Crippen LogP contribution in [0, 0.1) is 0 Å². The summed E-state index contributed by atoms with van der Waals surface area (Å²) in [5.41, 5.74) is 1.60. The Morgan fingerprint density at radius 2 is 1.83 bits per heavy atom. The highest BCUT2D eigenvalue weighted by molar-refractivity contribution is 7.98. The summed E-state index contributed by atoms with van der Waals surface area (Å²) in [7, 11) is -3.84. The zero-order valence-corrected chi connectivity index (χ0v) is 18.4. The molecule has 3 rings (SSSR count). The van der Waals surface area contributed by atoms with Crippen molar-refractivity contribution in [3.05, 3.63) is 72.4 Å². The van der Waals surface area contributed by atoms with Crippen LogP contribution in [0.25, 0.3) is 10.9 Å². The van der Waals surface area contributed by atoms with E-state index in [1.807, 2.05) is 36.6 Å². The number of esters is 1. The van der Waals surface area contributed by atoms with Gasteiger partial charge in [0, 0.05) is 17.1 Å². The summed E-state index contributed by atoms with van der Waals surface area (Å²) in [5, 5.41) is 0.946. The van der Waals surface area contributed by atoms with Crippen LogP contribution in [0.2, 0.25) is 0 Å². The van der Waals surface area contributed by atoms with Crippen LogP contribution in [0.1, 0.15) is 25.0 Å². The summed E-state index contributed by atoms with van der Waals surface area (Å²) in [6.07, 6.45) is 3.34. The third-order valence-electron chi connectivity index (χ3n) is 4.62. The number of rotatable bonds is 9. The molecule has 1 N–H and O–H groups in total. The molecule has 0 amide bonds. The zero-order chi connectivity index (χ0) is 21.6. The summed E-state index contributed by atoms with van der Waals surface area (Å²) >= 11 is 1.53. The number of carbonyl (C=O) groups excluding carboxylic acids is 1. The van der Waals surface area contributed by atoms with Crippen LogP contribution in [0.15, 0.2) is 71.8 Å². The van der Waals surface area contributed by atoms with Crippen LogP contribution in [0.4, 0.5) is 0 Å². The molecular formula is C22H24N2O4S2. The lowest BCUT2D eigenvalue weighted by molar-refractivity contribution is -0.150. The molecule has 6 nitrogen and oxygen atoms in total. The number of para-hydroxylation sites is 1. The molecular weight excluding hydrogens is 420 g/mol. The average molecular weight is 445 g/mol. The minimum absolute atomic E-state index is 0.110. The van der Waals surface area contributed by atoms with E-state index in [-0.39, 0.29) is 4.90 Å². The molecule has 1 heterocycles. The van der Waals surface area contributed by atoms with Gasteiger partial charge in [0.15, 0.2) is 0 Å². The molecule has 0 fully saturated rings. The maximum atomic E-state index is 12.8. The molecule has 0 aliphatic rings. The highest BCUT2D eigenvalue weighted by atomic mass is 32.2. The van der Waals surface area contributed by atoms with E-state index in [4.69, 9.17) is 4.74 Å². The fraction of sp³-hybridized carbons (Fsp3) is 0.273. The summed E-state index contributed by atoms with van der Waals surface area (Å²) in [4.78, 5) is 17.3. The molecule has 0 radical (unpaired) electrons. The molecule has 158 valence electrons. The number of hydrogen-bond acceptors (Lipinski definition) is 6. The van der Waals surface area contributed by atoms with Crippen molar-refractivity contribution in [2.24, 2.45) is 0 Å². The minimum Gasteiger partial charge on any atom is -0.457 e. The number of sulfonamides is 1. The van der Waals surface area contributed by atoms with E-state index in [0.717, 1.165) is 16.5 Å². The molecule has 2 aromatic carbocycles. The standard InChI is InChI=1S/C22H24N2O4S2/c1-16(18-14-17-8-6-7-11-20(17)23-15-18)28-22(25)21(12-13-29-2)24-30(26,27)19-9-4-3-5-10-19/h3-11,14-16,21,24H,12-13H2,1-2H3/t16-,21-/m1/s1. The Morgan fingerprint density at radius 1 is 1.13 bits per heavy atom. The van der Waals surface area contributed by atoms with Crippen molar-refractivity contribution >= 4 is 38.7 Å². The van der Waals surface area contributed by atoms with E-state index in [0.29, 0.717) is 12.2 Å². The maximum absolute atomic E-state index is 12.8. The first-order valence-electron chi connectivity index (χ1n) is 9.52. The largest absolute Gasteiger partial charge is 0.457 e. The number of fused-ring (bicyclic) bond motifs is 1. The Bertz CT molecular complexity index is 1100. The van der Waals surface area contributed by atoms with Gasteiger partial charge in [-0.15, -0.1) is 0 Å². The van der Waals surface area contributed by atoms with Crippen LogP contribution in [-0.4, -0.2) is 37.4 Å². The fourth-order valence-electron chi connectivity index (χ4n) is 2.95. The van der Waals surface area contributed by atoms with Gasteiger partial charge in [-0.2, -0.15) is 16.5 Å². The number of nitrogens with one attached hydrogen (secondary N) is 1. The quantitative estimate of drug-likeness (QED) is 0.503. The van der Waals surface area contributed by atoms with Gasteiger partial charge < -0.3 is 4.74 Å². The van der Waals surface area contributed by atoms with Crippen LogP contribution in [0.3, 0.4) is 0 Å². The van der Waals surface area contributed by atoms with Crippen LogP contribution < -0.4 is 4.72 Å². The highest BCUT2D eigenvalue weighted by Gasteiger charge is 2.28. The maximum Gasteiger partial charge on any atom is 0.324 e. The molecule has 2 atom stereocenters. The predicted octanol–water partition coefficient (Wildman–Crippen LogP) is 3.94. The number of ether oxygens (including phenoxy) is 1. The zero-order valence-electron chi connectivity index (χ0n) is 16.8. The predicted molar refractivity (Wildman–Crippen MR) is 120 cm³/mol. The first-order valence-corrected chi connectivity index (χ1v) is 12.4. The molecule has 0 unspecified atom stereocenters. The lowest BCUT2D eigenvalue weighted by Crippen LogP contribution is -2.42. The second kappa shape index (κ2) is 10.1. The summed E-state index contributed by atoms with van der Waals surface area (Å²) < 4.78 is 33.5. The van der Waals surface area contributed by atoms with Gasteiger partial charge in [0.2, 0.25) is 10.0 Å². The third kappa shape index (κ3) is 5.59. The smallest absolute Gasteiger partial charge is 0.324 e. The summed E-state index contributed by atoms with van der Waals surface area (Å²) in [6.45, 7) is 1.75. The van der Waals surface area contributed by atoms with Gasteiger partial charge in [0.25, 0.3) is 0 Å². The average Bonchev–Trinajstić information content (AvgIpc) is 2.76. The summed E-state index contributed by atoms with van der Waals surface area (Å²) in [5.74, 6) is 0.00687. The molecule has 30 heavy (non-hydrogen) atoms. The molecule has 0 spiro atoms. The van der Waals surface area contributed by atoms with Gasteiger partial charge in [-0.25, -0.2) is 8.42 Å². The van der Waals surface area contributed by atoms with Crippen molar-refractivity contribution < 1.29 is 17.9 Å². The summed E-state index contributed by atoms with van der Waals surface area (Å²) in [6, 6.07) is 16.6. The van der Waals surface area contributed by atoms with Crippen molar-refractivity contribution in [1.82, 2.24) is 9.71 Å². The Labute approximate surface area is 181 Å². The van der Waals surface area contributed by atoms with Crippen molar-refractivity contribution in [3.63, 3.8) is 0 Å². The number of nitrogens with zero attached hydrogens (tertiary/aromatic N) is 1. The molecule has 0 saturated carbocycles. The van der Waals surface area contributed by atoms with E-state index in [1.165, 1.54) is 23.9 Å². The van der Waals surface area contributed by atoms with Crippen molar-refractivity contribution in [2.45, 2.75) is 30.4 Å². The van der Waals surface area contributed by atoms with Crippen molar-refractivity contribution in [1.29, 1.82) is 0 Å². The monoisotopic (exact) mass is 444 g/mol. The second-order valence-electron chi connectivity index (χ2n) is 6.81. The van der Waals surface area contributed by atoms with Gasteiger partial charge in [-0.3, -0.25) is 9.78 Å². The molecule has 3 aromatic rings. The number of hydrogen-bond donors (Lipinski definition) is 1. The van der Waals surface area contributed by atoms with Crippen molar-refractivity contribution in [3.8, 4) is 0 Å². The van der Waals surface area contributed by atoms with E-state index < -0.39 is 28.1 Å². The van der Waals surface area contributed by atoms with E-state index in [9.17, 15) is 13.2 Å². The molecule has 0 saturated heterocycles. The number of carbonyl (C=O) groups is 1.